The monoisotopic (exact) mass is 220 g/mol. The summed E-state index contributed by atoms with van der Waals surface area (Å²) in [6.07, 6.45) is 3.90. The van der Waals surface area contributed by atoms with Crippen LogP contribution in [0.5, 0.6) is 0 Å². The Kier molecular flexibility index (Phi) is 1.84. The molecule has 0 amide bonds. The summed E-state index contributed by atoms with van der Waals surface area (Å²) in [5.41, 5.74) is 4.00. The molecule has 3 aromatic rings. The molecule has 1 aliphatic carbocycles. The molecule has 0 spiro atoms. The van der Waals surface area contributed by atoms with Gasteiger partial charge in [0.2, 0.25) is 0 Å². The number of aromatic amines is 1. The van der Waals surface area contributed by atoms with Crippen LogP contribution in [0.15, 0.2) is 42.5 Å². The maximum absolute atomic E-state index is 3.57. The van der Waals surface area contributed by atoms with E-state index in [0.717, 1.165) is 0 Å². The fourth-order valence-electron chi connectivity index (χ4n) is 2.79. The first-order valence-corrected chi connectivity index (χ1v) is 6.28. The van der Waals surface area contributed by atoms with Gasteiger partial charge in [0.25, 0.3) is 0 Å². The second kappa shape index (κ2) is 3.36. The molecule has 1 nitrogen and oxygen atoms in total. The summed E-state index contributed by atoms with van der Waals surface area (Å²) < 4.78 is 0. The van der Waals surface area contributed by atoms with Crippen LogP contribution in [0.3, 0.4) is 0 Å². The topological polar surface area (TPSA) is 15.8 Å². The van der Waals surface area contributed by atoms with E-state index in [1.54, 1.807) is 5.92 Å². The third kappa shape index (κ3) is 1.25. The van der Waals surface area contributed by atoms with E-state index in [0.29, 0.717) is 0 Å². The van der Waals surface area contributed by atoms with E-state index in [-0.39, 0.29) is 0 Å². The Hall–Kier alpha value is -1.76. The maximum Gasteiger partial charge on any atom is 0.0503 e. The quantitative estimate of drug-likeness (QED) is 0.624. The lowest BCUT2D eigenvalue weighted by atomic mass is 9.79. The van der Waals surface area contributed by atoms with Crippen LogP contribution < -0.4 is 0 Å². The van der Waals surface area contributed by atoms with E-state index < -0.39 is 0 Å². The molecule has 0 bridgehead atoms. The smallest absolute Gasteiger partial charge is 0.0503 e. The molecule has 2 aromatic carbocycles. The van der Waals surface area contributed by atoms with Crippen molar-refractivity contribution in [2.75, 3.05) is 0 Å². The van der Waals surface area contributed by atoms with E-state index in [1.165, 1.54) is 46.6 Å². The Labute approximate surface area is 100 Å². The van der Waals surface area contributed by atoms with Gasteiger partial charge in [0.1, 0.15) is 0 Å². The summed E-state index contributed by atoms with van der Waals surface area (Å²) in [6, 6.07) is 15.2. The average molecular weight is 220 g/mol. The van der Waals surface area contributed by atoms with E-state index in [9.17, 15) is 0 Å². The number of benzene rings is 2. The van der Waals surface area contributed by atoms with Crippen LogP contribution in [0, 0.1) is 5.92 Å². The summed E-state index contributed by atoms with van der Waals surface area (Å²) in [6.45, 7) is 0. The van der Waals surface area contributed by atoms with Gasteiger partial charge in [-0.3, -0.25) is 0 Å². The number of H-pyrrole nitrogens is 1. The van der Waals surface area contributed by atoms with Crippen molar-refractivity contribution in [3.8, 4) is 0 Å². The minimum absolute atomic E-state index is 1.25. The zero-order valence-corrected chi connectivity index (χ0v) is 9.66. The molecule has 1 heterocycles. The maximum atomic E-state index is 3.57. The third-order valence-electron chi connectivity index (χ3n) is 3.88. The third-order valence-corrected chi connectivity index (χ3v) is 3.88. The van der Waals surface area contributed by atoms with Crippen molar-refractivity contribution in [2.24, 2.45) is 0 Å². The summed E-state index contributed by atoms with van der Waals surface area (Å²) in [5, 5.41) is 2.70. The fraction of sp³-hybridized carbons (Fsp3) is 0.188. The largest absolute Gasteiger partial charge is 0.354 e. The fourth-order valence-corrected chi connectivity index (χ4v) is 2.79. The van der Waals surface area contributed by atoms with Crippen molar-refractivity contribution in [1.29, 1.82) is 0 Å². The summed E-state index contributed by atoms with van der Waals surface area (Å²) >= 11 is 0. The predicted molar refractivity (Wildman–Crippen MR) is 72.0 cm³/mol. The Bertz CT molecular complexity index is 689. The number of nitrogens with one attached hydrogen (secondary N) is 1. The zero-order valence-electron chi connectivity index (χ0n) is 9.66. The molecule has 0 aliphatic heterocycles. The highest BCUT2D eigenvalue weighted by Gasteiger charge is 2.22. The SMILES string of the molecule is c1ccc2c(c1)[nH]c1c([C]3CCC3)cccc12. The van der Waals surface area contributed by atoms with Gasteiger partial charge < -0.3 is 4.98 Å². The van der Waals surface area contributed by atoms with Crippen LogP contribution in [0.25, 0.3) is 21.8 Å². The molecule has 0 unspecified atom stereocenters. The Balaban J connectivity index is 2.08. The van der Waals surface area contributed by atoms with Crippen LogP contribution >= 0.6 is 0 Å². The first-order chi connectivity index (χ1) is 8.43. The van der Waals surface area contributed by atoms with E-state index >= 15 is 0 Å². The zero-order chi connectivity index (χ0) is 11.2. The molecule has 1 fully saturated rings. The molecule has 1 aliphatic rings. The van der Waals surface area contributed by atoms with Gasteiger partial charge in [-0.05, 0) is 24.5 Å². The van der Waals surface area contributed by atoms with Crippen LogP contribution in [-0.2, 0) is 0 Å². The van der Waals surface area contributed by atoms with E-state index in [1.807, 2.05) is 0 Å². The van der Waals surface area contributed by atoms with Crippen molar-refractivity contribution < 1.29 is 0 Å². The standard InChI is InChI=1S/C16H14N/c1-2-10-15-13(7-1)14-9-4-8-12(16(14)17-15)11-5-3-6-11/h1-2,4,7-10,17H,3,5-6H2. The second-order valence-electron chi connectivity index (χ2n) is 4.86. The van der Waals surface area contributed by atoms with Gasteiger partial charge in [-0.2, -0.15) is 0 Å². The van der Waals surface area contributed by atoms with Crippen LogP contribution in [0.1, 0.15) is 24.8 Å². The minimum atomic E-state index is 1.25. The molecule has 1 heteroatoms. The van der Waals surface area contributed by atoms with Crippen molar-refractivity contribution in [3.05, 3.63) is 53.9 Å². The summed E-state index contributed by atoms with van der Waals surface area (Å²) in [7, 11) is 0. The Morgan fingerprint density at radius 2 is 1.65 bits per heavy atom. The second-order valence-corrected chi connectivity index (χ2v) is 4.86. The van der Waals surface area contributed by atoms with Crippen molar-refractivity contribution in [1.82, 2.24) is 4.98 Å². The molecule has 0 atom stereocenters. The van der Waals surface area contributed by atoms with Crippen molar-refractivity contribution in [2.45, 2.75) is 19.3 Å². The molecular formula is C16H14N. The van der Waals surface area contributed by atoms with Gasteiger partial charge in [0.15, 0.2) is 0 Å². The number of aromatic nitrogens is 1. The lowest BCUT2D eigenvalue weighted by molar-refractivity contribution is 0.579. The minimum Gasteiger partial charge on any atom is -0.354 e. The van der Waals surface area contributed by atoms with E-state index in [4.69, 9.17) is 0 Å². The number of fused-ring (bicyclic) bond motifs is 3. The molecule has 17 heavy (non-hydrogen) atoms. The molecule has 4 rings (SSSR count). The van der Waals surface area contributed by atoms with Crippen LogP contribution in [0.2, 0.25) is 0 Å². The summed E-state index contributed by atoms with van der Waals surface area (Å²) in [4.78, 5) is 3.57. The predicted octanol–water partition coefficient (Wildman–Crippen LogP) is 4.43. The highest BCUT2D eigenvalue weighted by Crippen LogP contribution is 2.39. The number of para-hydroxylation sites is 2. The van der Waals surface area contributed by atoms with Gasteiger partial charge in [-0.1, -0.05) is 42.8 Å². The molecule has 1 N–H and O–H groups in total. The van der Waals surface area contributed by atoms with Gasteiger partial charge in [-0.15, -0.1) is 0 Å². The van der Waals surface area contributed by atoms with Crippen molar-refractivity contribution in [3.63, 3.8) is 0 Å². The van der Waals surface area contributed by atoms with Gasteiger partial charge >= 0.3 is 0 Å². The van der Waals surface area contributed by atoms with Crippen LogP contribution in [0.4, 0.5) is 0 Å². The normalized spacial score (nSPS) is 16.5. The van der Waals surface area contributed by atoms with Gasteiger partial charge in [0.05, 0.1) is 5.52 Å². The highest BCUT2D eigenvalue weighted by molar-refractivity contribution is 6.08. The molecule has 83 valence electrons. The molecule has 1 radical (unpaired) electrons. The van der Waals surface area contributed by atoms with Gasteiger partial charge in [0, 0.05) is 22.2 Å². The highest BCUT2D eigenvalue weighted by atomic mass is 14.7. The van der Waals surface area contributed by atoms with E-state index in [2.05, 4.69) is 47.4 Å². The average Bonchev–Trinajstić information content (AvgIpc) is 2.67. The van der Waals surface area contributed by atoms with Gasteiger partial charge in [-0.25, -0.2) is 0 Å². The Morgan fingerprint density at radius 3 is 2.47 bits per heavy atom. The summed E-state index contributed by atoms with van der Waals surface area (Å²) in [5.74, 6) is 1.61. The molecular weight excluding hydrogens is 206 g/mol. The van der Waals surface area contributed by atoms with Crippen molar-refractivity contribution >= 4 is 21.8 Å². The van der Waals surface area contributed by atoms with Crippen LogP contribution in [-0.4, -0.2) is 4.98 Å². The first kappa shape index (κ1) is 9.29. The number of rotatable bonds is 1. The Morgan fingerprint density at radius 1 is 0.824 bits per heavy atom. The molecule has 1 aromatic heterocycles. The molecule has 1 saturated carbocycles. The number of hydrogen-bond acceptors (Lipinski definition) is 0. The molecule has 0 saturated heterocycles. The first-order valence-electron chi connectivity index (χ1n) is 6.28. The lowest BCUT2D eigenvalue weighted by Gasteiger charge is -2.25. The lowest BCUT2D eigenvalue weighted by Crippen LogP contribution is -2.10. The number of hydrogen-bond donors (Lipinski definition) is 1.